The molecule has 1 N–H and O–H groups in total. The quantitative estimate of drug-likeness (QED) is 0.756. The number of anilines is 1. The highest BCUT2D eigenvalue weighted by atomic mass is 35.5. The maximum atomic E-state index is 12.9. The summed E-state index contributed by atoms with van der Waals surface area (Å²) in [6.45, 7) is 3.21. The Bertz CT molecular complexity index is 352. The van der Waals surface area contributed by atoms with Crippen molar-refractivity contribution in [2.24, 2.45) is 0 Å². The number of carbonyl (C=O) groups excluding carboxylic acids is 1. The number of rotatable bonds is 2. The van der Waals surface area contributed by atoms with Gasteiger partial charge in [0, 0.05) is 5.69 Å². The van der Waals surface area contributed by atoms with Gasteiger partial charge in [-0.15, -0.1) is 11.6 Å². The highest BCUT2D eigenvalue weighted by Crippen LogP contribution is 2.14. The van der Waals surface area contributed by atoms with Gasteiger partial charge in [0.05, 0.1) is 0 Å². The van der Waals surface area contributed by atoms with Crippen LogP contribution in [-0.4, -0.2) is 11.3 Å². The SMILES string of the molecule is Cc1cc(NC(=O)C(C)Cl)ccc1F. The summed E-state index contributed by atoms with van der Waals surface area (Å²) in [4.78, 5) is 11.2. The monoisotopic (exact) mass is 215 g/mol. The molecule has 1 atom stereocenters. The summed E-state index contributed by atoms with van der Waals surface area (Å²) in [6, 6.07) is 4.37. The minimum atomic E-state index is -0.597. The van der Waals surface area contributed by atoms with E-state index in [0.717, 1.165) is 0 Å². The Morgan fingerprint density at radius 2 is 2.21 bits per heavy atom. The predicted molar refractivity (Wildman–Crippen MR) is 55.1 cm³/mol. The van der Waals surface area contributed by atoms with Gasteiger partial charge in [-0.05, 0) is 37.6 Å². The normalized spacial score (nSPS) is 12.3. The molecule has 0 saturated carbocycles. The van der Waals surface area contributed by atoms with Crippen LogP contribution in [0.3, 0.4) is 0 Å². The molecule has 1 aromatic rings. The first-order valence-corrected chi connectivity index (χ1v) is 4.65. The van der Waals surface area contributed by atoms with Gasteiger partial charge in [0.15, 0.2) is 0 Å². The molecular weight excluding hydrogens is 205 g/mol. The van der Waals surface area contributed by atoms with Crippen LogP contribution < -0.4 is 5.32 Å². The molecule has 0 aliphatic carbocycles. The van der Waals surface area contributed by atoms with Gasteiger partial charge in [-0.25, -0.2) is 4.39 Å². The van der Waals surface area contributed by atoms with Gasteiger partial charge in [0.2, 0.25) is 5.91 Å². The molecule has 1 unspecified atom stereocenters. The summed E-state index contributed by atoms with van der Waals surface area (Å²) in [7, 11) is 0. The second-order valence-electron chi connectivity index (χ2n) is 3.07. The molecule has 1 aromatic carbocycles. The number of benzene rings is 1. The molecule has 0 aromatic heterocycles. The number of hydrogen-bond acceptors (Lipinski definition) is 1. The van der Waals surface area contributed by atoms with Crippen molar-refractivity contribution < 1.29 is 9.18 Å². The van der Waals surface area contributed by atoms with Crippen LogP contribution in [0.15, 0.2) is 18.2 Å². The standard InChI is InChI=1S/C10H11ClFNO/c1-6-5-8(3-4-9(6)12)13-10(14)7(2)11/h3-5,7H,1-2H3,(H,13,14). The zero-order valence-electron chi connectivity index (χ0n) is 7.97. The number of aryl methyl sites for hydroxylation is 1. The second-order valence-corrected chi connectivity index (χ2v) is 3.72. The average Bonchev–Trinajstić information content (AvgIpc) is 2.11. The average molecular weight is 216 g/mol. The Morgan fingerprint density at radius 1 is 1.57 bits per heavy atom. The van der Waals surface area contributed by atoms with E-state index in [2.05, 4.69) is 5.32 Å². The van der Waals surface area contributed by atoms with Crippen molar-refractivity contribution in [1.29, 1.82) is 0 Å². The molecule has 0 radical (unpaired) electrons. The van der Waals surface area contributed by atoms with E-state index in [-0.39, 0.29) is 11.7 Å². The largest absolute Gasteiger partial charge is 0.325 e. The van der Waals surface area contributed by atoms with Crippen molar-refractivity contribution in [3.63, 3.8) is 0 Å². The van der Waals surface area contributed by atoms with E-state index < -0.39 is 5.38 Å². The Labute approximate surface area is 87.1 Å². The third-order valence-corrected chi connectivity index (χ3v) is 1.98. The smallest absolute Gasteiger partial charge is 0.242 e. The highest BCUT2D eigenvalue weighted by molar-refractivity contribution is 6.32. The van der Waals surface area contributed by atoms with Gasteiger partial charge in [-0.2, -0.15) is 0 Å². The van der Waals surface area contributed by atoms with Crippen LogP contribution in [0.1, 0.15) is 12.5 Å². The van der Waals surface area contributed by atoms with E-state index in [0.29, 0.717) is 11.3 Å². The van der Waals surface area contributed by atoms with Crippen LogP contribution >= 0.6 is 11.6 Å². The van der Waals surface area contributed by atoms with Gasteiger partial charge >= 0.3 is 0 Å². The molecule has 4 heteroatoms. The zero-order chi connectivity index (χ0) is 10.7. The van der Waals surface area contributed by atoms with Gasteiger partial charge in [-0.1, -0.05) is 0 Å². The van der Waals surface area contributed by atoms with Gasteiger partial charge in [0.1, 0.15) is 11.2 Å². The van der Waals surface area contributed by atoms with Crippen molar-refractivity contribution in [1.82, 2.24) is 0 Å². The van der Waals surface area contributed by atoms with Crippen molar-refractivity contribution in [3.8, 4) is 0 Å². The van der Waals surface area contributed by atoms with Crippen LogP contribution in [0.5, 0.6) is 0 Å². The number of carbonyl (C=O) groups is 1. The lowest BCUT2D eigenvalue weighted by Crippen LogP contribution is -2.20. The zero-order valence-corrected chi connectivity index (χ0v) is 8.73. The summed E-state index contributed by atoms with van der Waals surface area (Å²) >= 11 is 5.56. The minimum Gasteiger partial charge on any atom is -0.325 e. The van der Waals surface area contributed by atoms with Crippen LogP contribution in [0.2, 0.25) is 0 Å². The number of hydrogen-bond donors (Lipinski definition) is 1. The van der Waals surface area contributed by atoms with E-state index in [1.165, 1.54) is 12.1 Å². The lowest BCUT2D eigenvalue weighted by molar-refractivity contribution is -0.115. The molecule has 14 heavy (non-hydrogen) atoms. The fourth-order valence-corrected chi connectivity index (χ4v) is 1.02. The third kappa shape index (κ3) is 2.70. The number of alkyl halides is 1. The Balaban J connectivity index is 2.78. The third-order valence-electron chi connectivity index (χ3n) is 1.79. The number of nitrogens with one attached hydrogen (secondary N) is 1. The van der Waals surface area contributed by atoms with Crippen molar-refractivity contribution in [2.75, 3.05) is 5.32 Å². The molecule has 0 aliphatic heterocycles. The number of amides is 1. The van der Waals surface area contributed by atoms with Gasteiger partial charge in [0.25, 0.3) is 0 Å². The molecule has 1 amide bonds. The first-order chi connectivity index (χ1) is 6.50. The van der Waals surface area contributed by atoms with Crippen molar-refractivity contribution >= 4 is 23.2 Å². The molecule has 2 nitrogen and oxygen atoms in total. The predicted octanol–water partition coefficient (Wildman–Crippen LogP) is 2.70. The molecule has 0 bridgehead atoms. The Hall–Kier alpha value is -1.09. The van der Waals surface area contributed by atoms with Gasteiger partial charge < -0.3 is 5.32 Å². The fraction of sp³-hybridized carbons (Fsp3) is 0.300. The van der Waals surface area contributed by atoms with E-state index in [4.69, 9.17) is 11.6 Å². The van der Waals surface area contributed by atoms with Gasteiger partial charge in [-0.3, -0.25) is 4.79 Å². The fourth-order valence-electron chi connectivity index (χ4n) is 0.964. The molecule has 0 saturated heterocycles. The van der Waals surface area contributed by atoms with Crippen LogP contribution in [0.25, 0.3) is 0 Å². The van der Waals surface area contributed by atoms with Crippen molar-refractivity contribution in [3.05, 3.63) is 29.6 Å². The molecule has 76 valence electrons. The Kier molecular flexibility index (Phi) is 3.47. The lowest BCUT2D eigenvalue weighted by Gasteiger charge is -2.07. The van der Waals surface area contributed by atoms with E-state index >= 15 is 0 Å². The van der Waals surface area contributed by atoms with Crippen LogP contribution in [0.4, 0.5) is 10.1 Å². The summed E-state index contributed by atoms with van der Waals surface area (Å²) in [5.41, 5.74) is 1.05. The molecule has 0 heterocycles. The molecule has 1 rings (SSSR count). The van der Waals surface area contributed by atoms with E-state index in [1.807, 2.05) is 0 Å². The summed E-state index contributed by atoms with van der Waals surface area (Å²) in [6.07, 6.45) is 0. The van der Waals surface area contributed by atoms with Crippen LogP contribution in [-0.2, 0) is 4.79 Å². The number of halogens is 2. The lowest BCUT2D eigenvalue weighted by atomic mass is 10.2. The Morgan fingerprint density at radius 3 is 2.71 bits per heavy atom. The second kappa shape index (κ2) is 4.42. The molecule has 0 aliphatic rings. The highest BCUT2D eigenvalue weighted by Gasteiger charge is 2.09. The van der Waals surface area contributed by atoms with E-state index in [9.17, 15) is 9.18 Å². The van der Waals surface area contributed by atoms with Crippen molar-refractivity contribution in [2.45, 2.75) is 19.2 Å². The molecular formula is C10H11ClFNO. The molecule has 0 spiro atoms. The first kappa shape index (κ1) is 11.0. The maximum Gasteiger partial charge on any atom is 0.242 e. The topological polar surface area (TPSA) is 29.1 Å². The minimum absolute atomic E-state index is 0.290. The van der Waals surface area contributed by atoms with Crippen LogP contribution in [0, 0.1) is 12.7 Å². The van der Waals surface area contributed by atoms with E-state index in [1.54, 1.807) is 19.9 Å². The summed E-state index contributed by atoms with van der Waals surface area (Å²) in [5, 5.41) is 1.97. The summed E-state index contributed by atoms with van der Waals surface area (Å²) in [5.74, 6) is -0.584. The first-order valence-electron chi connectivity index (χ1n) is 4.22. The summed E-state index contributed by atoms with van der Waals surface area (Å²) < 4.78 is 12.9. The maximum absolute atomic E-state index is 12.9. The molecule has 0 fully saturated rings.